The molecule has 0 aliphatic rings. The zero-order valence-corrected chi connectivity index (χ0v) is 15.5. The molecular weight excluding hydrogens is 383 g/mol. The number of nitrogen functional groups attached to an aromatic ring is 1. The largest absolute Gasteiger partial charge is 0.382 e. The third-order valence-corrected chi connectivity index (χ3v) is 4.39. The summed E-state index contributed by atoms with van der Waals surface area (Å²) in [6.07, 6.45) is 3.75. The van der Waals surface area contributed by atoms with E-state index in [1.165, 1.54) is 25.4 Å². The van der Waals surface area contributed by atoms with Gasteiger partial charge in [0, 0.05) is 29.3 Å². The predicted molar refractivity (Wildman–Crippen MR) is 104 cm³/mol. The normalized spacial score (nSPS) is 10.4. The SMILES string of the molecule is CC(=O)NSc1ccc(NC(=O)c2nc(-c3ccncc3F)cnc2N)cc1. The van der Waals surface area contributed by atoms with Crippen LogP contribution in [0.4, 0.5) is 15.9 Å². The number of amides is 2. The number of carbonyl (C=O) groups excluding carboxylic acids is 2. The van der Waals surface area contributed by atoms with Gasteiger partial charge in [-0.2, -0.15) is 0 Å². The summed E-state index contributed by atoms with van der Waals surface area (Å²) >= 11 is 1.16. The second-order valence-corrected chi connectivity index (χ2v) is 6.46. The minimum Gasteiger partial charge on any atom is -0.382 e. The Labute approximate surface area is 163 Å². The number of halogens is 1. The van der Waals surface area contributed by atoms with E-state index in [1.807, 2.05) is 0 Å². The number of hydrogen-bond acceptors (Lipinski definition) is 7. The number of benzene rings is 1. The van der Waals surface area contributed by atoms with Crippen molar-refractivity contribution in [2.75, 3.05) is 11.1 Å². The fraction of sp³-hybridized carbons (Fsp3) is 0.0556. The first kappa shape index (κ1) is 19.2. The molecule has 3 rings (SSSR count). The van der Waals surface area contributed by atoms with E-state index in [-0.39, 0.29) is 28.7 Å². The van der Waals surface area contributed by atoms with E-state index in [9.17, 15) is 14.0 Å². The average Bonchev–Trinajstić information content (AvgIpc) is 2.68. The molecule has 0 saturated carbocycles. The summed E-state index contributed by atoms with van der Waals surface area (Å²) in [5, 5.41) is 2.66. The predicted octanol–water partition coefficient (Wildman–Crippen LogP) is 2.66. The van der Waals surface area contributed by atoms with E-state index in [0.717, 1.165) is 23.0 Å². The van der Waals surface area contributed by atoms with Gasteiger partial charge in [0.15, 0.2) is 17.3 Å². The van der Waals surface area contributed by atoms with Crippen molar-refractivity contribution in [3.05, 3.63) is 60.4 Å². The van der Waals surface area contributed by atoms with Crippen molar-refractivity contribution in [3.63, 3.8) is 0 Å². The first-order valence-electron chi connectivity index (χ1n) is 8.01. The highest BCUT2D eigenvalue weighted by Crippen LogP contribution is 2.22. The first-order valence-corrected chi connectivity index (χ1v) is 8.83. The molecule has 2 amide bonds. The smallest absolute Gasteiger partial charge is 0.278 e. The molecule has 0 aliphatic heterocycles. The number of nitrogens with zero attached hydrogens (tertiary/aromatic N) is 3. The van der Waals surface area contributed by atoms with Crippen LogP contribution < -0.4 is 15.8 Å². The van der Waals surface area contributed by atoms with E-state index < -0.39 is 11.7 Å². The Bertz CT molecular complexity index is 1030. The minimum atomic E-state index is -0.583. The molecule has 0 radical (unpaired) electrons. The summed E-state index contributed by atoms with van der Waals surface area (Å²) in [6.45, 7) is 1.42. The molecule has 2 aromatic heterocycles. The number of hydrogen-bond donors (Lipinski definition) is 3. The molecule has 2 heterocycles. The molecule has 0 spiro atoms. The van der Waals surface area contributed by atoms with Crippen molar-refractivity contribution in [2.24, 2.45) is 0 Å². The molecule has 4 N–H and O–H groups in total. The van der Waals surface area contributed by atoms with E-state index in [1.54, 1.807) is 24.3 Å². The zero-order chi connectivity index (χ0) is 20.1. The van der Waals surface area contributed by atoms with Gasteiger partial charge in [0.25, 0.3) is 5.91 Å². The van der Waals surface area contributed by atoms with E-state index in [0.29, 0.717) is 5.69 Å². The summed E-state index contributed by atoms with van der Waals surface area (Å²) in [5.74, 6) is -1.40. The monoisotopic (exact) mass is 398 g/mol. The topological polar surface area (TPSA) is 123 Å². The van der Waals surface area contributed by atoms with Crippen molar-refractivity contribution in [2.45, 2.75) is 11.8 Å². The second kappa shape index (κ2) is 8.44. The number of carbonyl (C=O) groups is 2. The second-order valence-electron chi connectivity index (χ2n) is 5.58. The fourth-order valence-corrected chi connectivity index (χ4v) is 2.74. The van der Waals surface area contributed by atoms with Gasteiger partial charge in [-0.05, 0) is 42.3 Å². The van der Waals surface area contributed by atoms with Crippen LogP contribution in [0.5, 0.6) is 0 Å². The van der Waals surface area contributed by atoms with Crippen LogP contribution in [0.3, 0.4) is 0 Å². The summed E-state index contributed by atoms with van der Waals surface area (Å²) in [7, 11) is 0. The third-order valence-electron chi connectivity index (χ3n) is 3.49. The van der Waals surface area contributed by atoms with Gasteiger partial charge in [0.2, 0.25) is 5.91 Å². The van der Waals surface area contributed by atoms with Crippen LogP contribution in [-0.4, -0.2) is 26.8 Å². The lowest BCUT2D eigenvalue weighted by Gasteiger charge is -2.09. The number of nitrogens with two attached hydrogens (primary N) is 1. The molecule has 0 bridgehead atoms. The molecule has 3 aromatic rings. The van der Waals surface area contributed by atoms with Gasteiger partial charge in [0.05, 0.1) is 18.1 Å². The molecule has 28 heavy (non-hydrogen) atoms. The Kier molecular flexibility index (Phi) is 5.80. The maximum Gasteiger partial charge on any atom is 0.278 e. The van der Waals surface area contributed by atoms with Crippen LogP contribution in [0.15, 0.2) is 53.8 Å². The van der Waals surface area contributed by atoms with Crippen LogP contribution in [0.25, 0.3) is 11.3 Å². The molecule has 0 atom stereocenters. The molecule has 0 saturated heterocycles. The van der Waals surface area contributed by atoms with Crippen molar-refractivity contribution < 1.29 is 14.0 Å². The Hall–Kier alpha value is -3.53. The Balaban J connectivity index is 1.78. The van der Waals surface area contributed by atoms with E-state index in [4.69, 9.17) is 5.73 Å². The maximum atomic E-state index is 13.9. The maximum absolute atomic E-state index is 13.9. The highest BCUT2D eigenvalue weighted by atomic mass is 32.2. The molecule has 0 fully saturated rings. The van der Waals surface area contributed by atoms with Crippen LogP contribution in [-0.2, 0) is 4.79 Å². The highest BCUT2D eigenvalue weighted by Gasteiger charge is 2.16. The number of aromatic nitrogens is 3. The van der Waals surface area contributed by atoms with Gasteiger partial charge in [0.1, 0.15) is 0 Å². The van der Waals surface area contributed by atoms with Crippen molar-refractivity contribution in [1.82, 2.24) is 19.7 Å². The van der Waals surface area contributed by atoms with Crippen LogP contribution >= 0.6 is 11.9 Å². The van der Waals surface area contributed by atoms with E-state index in [2.05, 4.69) is 25.0 Å². The molecule has 1 aromatic carbocycles. The lowest BCUT2D eigenvalue weighted by atomic mass is 10.2. The average molecular weight is 398 g/mol. The fourth-order valence-electron chi connectivity index (χ4n) is 2.21. The van der Waals surface area contributed by atoms with Crippen LogP contribution in [0, 0.1) is 5.82 Å². The van der Waals surface area contributed by atoms with Crippen molar-refractivity contribution >= 4 is 35.3 Å². The van der Waals surface area contributed by atoms with Crippen LogP contribution in [0.1, 0.15) is 17.4 Å². The zero-order valence-electron chi connectivity index (χ0n) is 14.6. The highest BCUT2D eigenvalue weighted by molar-refractivity contribution is 7.98. The number of anilines is 2. The van der Waals surface area contributed by atoms with Crippen molar-refractivity contribution in [3.8, 4) is 11.3 Å². The first-order chi connectivity index (χ1) is 13.4. The molecule has 8 nitrogen and oxygen atoms in total. The summed E-state index contributed by atoms with van der Waals surface area (Å²) in [5.41, 5.74) is 6.48. The molecule has 0 aliphatic carbocycles. The summed E-state index contributed by atoms with van der Waals surface area (Å²) in [6, 6.07) is 8.22. The van der Waals surface area contributed by atoms with Gasteiger partial charge in [-0.25, -0.2) is 14.4 Å². The Morgan fingerprint density at radius 1 is 1.14 bits per heavy atom. The van der Waals surface area contributed by atoms with E-state index >= 15 is 0 Å². The van der Waals surface area contributed by atoms with Gasteiger partial charge in [-0.15, -0.1) is 0 Å². The lowest BCUT2D eigenvalue weighted by Crippen LogP contribution is -2.17. The van der Waals surface area contributed by atoms with Crippen molar-refractivity contribution in [1.29, 1.82) is 0 Å². The summed E-state index contributed by atoms with van der Waals surface area (Å²) < 4.78 is 16.5. The number of rotatable bonds is 5. The molecular formula is C18H15FN6O2S. The molecule has 10 heteroatoms. The number of pyridine rings is 1. The summed E-state index contributed by atoms with van der Waals surface area (Å²) in [4.78, 5) is 36.0. The molecule has 0 unspecified atom stereocenters. The Morgan fingerprint density at radius 2 is 1.89 bits per heavy atom. The molecule has 142 valence electrons. The lowest BCUT2D eigenvalue weighted by molar-refractivity contribution is -0.117. The quantitative estimate of drug-likeness (QED) is 0.565. The number of nitrogens with one attached hydrogen (secondary N) is 2. The van der Waals surface area contributed by atoms with Crippen LogP contribution in [0.2, 0.25) is 0 Å². The Morgan fingerprint density at radius 3 is 2.57 bits per heavy atom. The third kappa shape index (κ3) is 4.60. The van der Waals surface area contributed by atoms with Gasteiger partial charge in [-0.3, -0.25) is 19.3 Å². The van der Waals surface area contributed by atoms with Gasteiger partial charge in [-0.1, -0.05) is 0 Å². The minimum absolute atomic E-state index is 0.0754. The standard InChI is InChI=1S/C18H15FN6O2S/c1-10(26)25-28-12-4-2-11(3-5-12)23-18(27)16-17(20)22-9-15(24-16)13-6-7-21-8-14(13)19/h2-9H,1H3,(H2,20,22)(H,23,27)(H,25,26). The van der Waals surface area contributed by atoms with Gasteiger partial charge < -0.3 is 11.1 Å². The van der Waals surface area contributed by atoms with Gasteiger partial charge >= 0.3 is 0 Å².